The van der Waals surface area contributed by atoms with Crippen LogP contribution in [0.15, 0.2) is 48.5 Å². The Morgan fingerprint density at radius 2 is 1.75 bits per heavy atom. The number of aromatic nitrogens is 2. The average molecular weight is 761 g/mol. The van der Waals surface area contributed by atoms with Gasteiger partial charge >= 0.3 is 5.97 Å². The van der Waals surface area contributed by atoms with Crippen molar-refractivity contribution < 1.29 is 28.9 Å². The fraction of sp³-hybridized carbons (Fsp3) is 0.400. The third-order valence-corrected chi connectivity index (χ3v) is 11.2. The molecule has 1 amide bonds. The van der Waals surface area contributed by atoms with E-state index in [0.29, 0.717) is 78.9 Å². The number of halogens is 2. The van der Waals surface area contributed by atoms with E-state index >= 15 is 0 Å². The average Bonchev–Trinajstić information content (AvgIpc) is 3.90. The molecule has 2 aromatic heterocycles. The molecular formula is C40H43Cl2N5O6. The van der Waals surface area contributed by atoms with Crippen molar-refractivity contribution in [1.82, 2.24) is 25.5 Å². The van der Waals surface area contributed by atoms with Crippen LogP contribution in [0.4, 0.5) is 0 Å². The maximum Gasteiger partial charge on any atom is 0.307 e. The number of aliphatic carboxylic acids is 1. The first-order chi connectivity index (χ1) is 25.6. The van der Waals surface area contributed by atoms with Gasteiger partial charge < -0.3 is 30.0 Å². The minimum Gasteiger partial charge on any atom is -0.481 e. The Kier molecular flexibility index (Phi) is 11.1. The van der Waals surface area contributed by atoms with E-state index in [-0.39, 0.29) is 24.0 Å². The lowest BCUT2D eigenvalue weighted by Gasteiger charge is -2.20. The van der Waals surface area contributed by atoms with Crippen LogP contribution in [0.3, 0.4) is 0 Å². The molecule has 2 aromatic carbocycles. The number of ether oxygens (including phenoxy) is 3. The maximum absolute atomic E-state index is 11.5. The van der Waals surface area contributed by atoms with Crippen molar-refractivity contribution >= 4 is 35.1 Å². The van der Waals surface area contributed by atoms with Gasteiger partial charge in [-0.25, -0.2) is 4.98 Å². The van der Waals surface area contributed by atoms with Gasteiger partial charge in [0.2, 0.25) is 23.5 Å². The molecule has 2 saturated heterocycles. The van der Waals surface area contributed by atoms with Crippen LogP contribution in [0.5, 0.6) is 17.6 Å². The summed E-state index contributed by atoms with van der Waals surface area (Å²) in [5.41, 5.74) is 8.36. The molecule has 0 unspecified atom stereocenters. The number of pyridine rings is 2. The number of nitrogens with one attached hydrogen (secondary N) is 2. The van der Waals surface area contributed by atoms with E-state index in [4.69, 9.17) is 42.4 Å². The topological polar surface area (TPSA) is 135 Å². The summed E-state index contributed by atoms with van der Waals surface area (Å²) >= 11 is 14.0. The molecule has 53 heavy (non-hydrogen) atoms. The number of amides is 1. The highest BCUT2D eigenvalue weighted by Gasteiger charge is 2.31. The van der Waals surface area contributed by atoms with Gasteiger partial charge in [-0.2, -0.15) is 4.98 Å². The first-order valence-corrected chi connectivity index (χ1v) is 18.7. The number of nitrogens with zero attached hydrogens (tertiary/aromatic N) is 3. The zero-order valence-electron chi connectivity index (χ0n) is 30.0. The summed E-state index contributed by atoms with van der Waals surface area (Å²) in [4.78, 5) is 34.7. The maximum atomic E-state index is 11.5. The Morgan fingerprint density at radius 1 is 0.981 bits per heavy atom. The molecule has 0 radical (unpaired) electrons. The molecule has 2 aliphatic heterocycles. The molecule has 0 bridgehead atoms. The lowest BCUT2D eigenvalue weighted by Crippen LogP contribution is -2.35. The largest absolute Gasteiger partial charge is 0.481 e. The van der Waals surface area contributed by atoms with Gasteiger partial charge in [-0.15, -0.1) is 0 Å². The predicted molar refractivity (Wildman–Crippen MR) is 203 cm³/mol. The number of methoxy groups -OCH3 is 2. The van der Waals surface area contributed by atoms with Crippen LogP contribution in [0.2, 0.25) is 10.0 Å². The highest BCUT2D eigenvalue weighted by molar-refractivity contribution is 6.36. The number of carbonyl (C=O) groups is 2. The van der Waals surface area contributed by atoms with E-state index < -0.39 is 5.97 Å². The molecule has 3 atom stereocenters. The molecular weight excluding hydrogens is 717 g/mol. The van der Waals surface area contributed by atoms with Gasteiger partial charge in [0.15, 0.2) is 0 Å². The number of carboxylic acids is 1. The fourth-order valence-electron chi connectivity index (χ4n) is 7.73. The second-order valence-corrected chi connectivity index (χ2v) is 14.7. The van der Waals surface area contributed by atoms with Crippen LogP contribution in [-0.2, 0) is 29.1 Å². The Labute approximate surface area is 319 Å². The molecule has 7 rings (SSSR count). The summed E-state index contributed by atoms with van der Waals surface area (Å²) in [7, 11) is 3.18. The van der Waals surface area contributed by atoms with Gasteiger partial charge in [-0.05, 0) is 73.5 Å². The molecule has 4 heterocycles. The summed E-state index contributed by atoms with van der Waals surface area (Å²) in [6.07, 6.45) is 3.27. The lowest BCUT2D eigenvalue weighted by atomic mass is 9.94. The molecule has 3 N–H and O–H groups in total. The second-order valence-electron chi connectivity index (χ2n) is 13.9. The van der Waals surface area contributed by atoms with Crippen molar-refractivity contribution in [2.75, 3.05) is 33.9 Å². The van der Waals surface area contributed by atoms with Crippen LogP contribution < -0.4 is 24.8 Å². The standard InChI is InChI=1S/C40H43Cl2N5O6/c1-22-16-33(45-38(52-3)31(22)21-47-15-14-23(20-47)40(49)50)30-9-5-8-29(36(30)42)26-6-4-7-28-27(26)11-12-34(28)53-39-32(41)17-24(37(46-39)51-2)18-43-19-25-10-13-35(48)44-25/h4-9,16-17,23,25,34,43H,10-15,18-21H2,1-3H3,(H,44,48)(H,49,50)/t23-,25+,34+/m1/s1. The van der Waals surface area contributed by atoms with Crippen molar-refractivity contribution in [2.24, 2.45) is 5.92 Å². The van der Waals surface area contributed by atoms with Crippen LogP contribution in [0, 0.1) is 12.8 Å². The highest BCUT2D eigenvalue weighted by atomic mass is 35.5. The molecule has 11 nitrogen and oxygen atoms in total. The normalized spacial score (nSPS) is 19.6. The highest BCUT2D eigenvalue weighted by Crippen LogP contribution is 2.45. The van der Waals surface area contributed by atoms with Gasteiger partial charge in [0.1, 0.15) is 11.1 Å². The first kappa shape index (κ1) is 36.9. The number of aryl methyl sites for hydroxylation is 1. The van der Waals surface area contributed by atoms with Gasteiger partial charge in [-0.1, -0.05) is 59.6 Å². The van der Waals surface area contributed by atoms with Gasteiger partial charge in [0.05, 0.1) is 30.9 Å². The third-order valence-electron chi connectivity index (χ3n) is 10.5. The number of rotatable bonds is 13. The van der Waals surface area contributed by atoms with E-state index in [1.165, 1.54) is 0 Å². The summed E-state index contributed by atoms with van der Waals surface area (Å²) in [5.74, 6) is 0.226. The van der Waals surface area contributed by atoms with Crippen molar-refractivity contribution in [3.63, 3.8) is 0 Å². The number of likely N-dealkylation sites (tertiary alicyclic amines) is 1. The van der Waals surface area contributed by atoms with E-state index in [1.54, 1.807) is 14.2 Å². The number of carboxylic acid groups (broad SMARTS) is 1. The zero-order chi connectivity index (χ0) is 37.2. The molecule has 4 aromatic rings. The second kappa shape index (κ2) is 15.9. The number of carbonyl (C=O) groups excluding carboxylic acids is 1. The summed E-state index contributed by atoms with van der Waals surface area (Å²) in [6, 6.07) is 16.1. The third kappa shape index (κ3) is 7.80. The molecule has 13 heteroatoms. The molecule has 3 aliphatic rings. The van der Waals surface area contributed by atoms with Crippen molar-refractivity contribution in [1.29, 1.82) is 0 Å². The van der Waals surface area contributed by atoms with Crippen molar-refractivity contribution in [3.05, 3.63) is 86.4 Å². The summed E-state index contributed by atoms with van der Waals surface area (Å²) in [5, 5.41) is 16.8. The van der Waals surface area contributed by atoms with Crippen molar-refractivity contribution in [2.45, 2.75) is 64.3 Å². The zero-order valence-corrected chi connectivity index (χ0v) is 31.5. The lowest BCUT2D eigenvalue weighted by molar-refractivity contribution is -0.141. The number of fused-ring (bicyclic) bond motifs is 1. The summed E-state index contributed by atoms with van der Waals surface area (Å²) in [6.45, 7) is 4.94. The van der Waals surface area contributed by atoms with Gasteiger partial charge in [0.25, 0.3) is 0 Å². The Balaban J connectivity index is 1.10. The molecule has 2 fully saturated rings. The first-order valence-electron chi connectivity index (χ1n) is 17.9. The Hall–Kier alpha value is -4.42. The molecule has 0 saturated carbocycles. The van der Waals surface area contributed by atoms with E-state index in [2.05, 4.69) is 32.7 Å². The SMILES string of the molecule is COc1nc(O[C@H]2CCc3c(-c4cccc(-c5cc(C)c(CN6CC[C@@H](C(=O)O)C6)c(OC)n5)c4Cl)cccc32)c(Cl)cc1CNC[C@@H]1CCC(=O)N1. The predicted octanol–water partition coefficient (Wildman–Crippen LogP) is 6.78. The van der Waals surface area contributed by atoms with E-state index in [9.17, 15) is 14.7 Å². The van der Waals surface area contributed by atoms with Crippen LogP contribution in [0.25, 0.3) is 22.4 Å². The Bertz CT molecular complexity index is 2040. The van der Waals surface area contributed by atoms with Crippen LogP contribution in [-0.4, -0.2) is 71.7 Å². The van der Waals surface area contributed by atoms with Gasteiger partial charge in [-0.3, -0.25) is 14.5 Å². The van der Waals surface area contributed by atoms with Crippen LogP contribution in [0.1, 0.15) is 59.6 Å². The minimum absolute atomic E-state index is 0.0851. The summed E-state index contributed by atoms with van der Waals surface area (Å²) < 4.78 is 17.9. The Morgan fingerprint density at radius 3 is 2.49 bits per heavy atom. The number of hydrogen-bond acceptors (Lipinski definition) is 9. The van der Waals surface area contributed by atoms with Crippen LogP contribution >= 0.6 is 23.2 Å². The van der Waals surface area contributed by atoms with E-state index in [1.807, 2.05) is 43.3 Å². The fourth-order valence-corrected chi connectivity index (χ4v) is 8.27. The smallest absolute Gasteiger partial charge is 0.307 e. The van der Waals surface area contributed by atoms with Crippen molar-refractivity contribution in [3.8, 4) is 40.0 Å². The number of hydrogen-bond donors (Lipinski definition) is 3. The van der Waals surface area contributed by atoms with E-state index in [0.717, 1.165) is 63.8 Å². The molecule has 278 valence electrons. The monoisotopic (exact) mass is 759 g/mol. The minimum atomic E-state index is -0.753. The van der Waals surface area contributed by atoms with Gasteiger partial charge in [0, 0.05) is 60.9 Å². The molecule has 1 aliphatic carbocycles. The molecule has 0 spiro atoms. The number of benzene rings is 2. The quantitative estimate of drug-likeness (QED) is 0.134.